The van der Waals surface area contributed by atoms with Gasteiger partial charge in [-0.15, -0.1) is 0 Å². The Hall–Kier alpha value is -0.550. The molecule has 0 saturated carbocycles. The van der Waals surface area contributed by atoms with Crippen LogP contribution in [0.3, 0.4) is 0 Å². The Balaban J connectivity index is 2.75. The third kappa shape index (κ3) is 9.45. The lowest BCUT2D eigenvalue weighted by atomic mass is 10.2. The average Bonchev–Trinajstić information content (AvgIpc) is 2.03. The summed E-state index contributed by atoms with van der Waals surface area (Å²) in [5, 5.41) is 8.22. The smallest absolute Gasteiger partial charge is 0.0621 e. The molecule has 0 aromatic carbocycles. The fourth-order valence-corrected chi connectivity index (χ4v) is 0.757. The number of nitriles is 1. The molecule has 0 bridgehead atoms. The lowest BCUT2D eigenvalue weighted by molar-refractivity contribution is 0.128. The fraction of sp³-hybridized carbons (Fsp3) is 0.889. The zero-order chi connectivity index (χ0) is 8.36. The number of nitrogens with zero attached hydrogens (tertiary/aromatic N) is 1. The van der Waals surface area contributed by atoms with E-state index in [2.05, 4.69) is 13.0 Å². The summed E-state index contributed by atoms with van der Waals surface area (Å²) in [6, 6.07) is 2.11. The van der Waals surface area contributed by atoms with Crippen LogP contribution in [0.2, 0.25) is 0 Å². The van der Waals surface area contributed by atoms with Gasteiger partial charge in [0.25, 0.3) is 0 Å². The largest absolute Gasteiger partial charge is 0.381 e. The van der Waals surface area contributed by atoms with Crippen LogP contribution in [0.4, 0.5) is 0 Å². The fourth-order valence-electron chi connectivity index (χ4n) is 0.757. The second kappa shape index (κ2) is 9.45. The molecule has 2 nitrogen and oxygen atoms in total. The number of ether oxygens (including phenoxy) is 1. The summed E-state index contributed by atoms with van der Waals surface area (Å²) in [7, 11) is 0. The molecule has 64 valence electrons. The Morgan fingerprint density at radius 2 is 1.91 bits per heavy atom. The quantitative estimate of drug-likeness (QED) is 0.529. The molecule has 11 heavy (non-hydrogen) atoms. The van der Waals surface area contributed by atoms with E-state index in [1.54, 1.807) is 0 Å². The normalized spacial score (nSPS) is 9.45. The third-order valence-corrected chi connectivity index (χ3v) is 1.47. The molecule has 0 saturated heterocycles. The molecule has 2 heteroatoms. The van der Waals surface area contributed by atoms with Crippen molar-refractivity contribution in [3.05, 3.63) is 0 Å². The van der Waals surface area contributed by atoms with Crippen molar-refractivity contribution in [3.63, 3.8) is 0 Å². The summed E-state index contributed by atoms with van der Waals surface area (Å²) in [5.74, 6) is 0. The first-order valence-electron chi connectivity index (χ1n) is 4.36. The average molecular weight is 155 g/mol. The van der Waals surface area contributed by atoms with Crippen LogP contribution < -0.4 is 0 Å². The Bertz CT molecular complexity index is 107. The van der Waals surface area contributed by atoms with Crippen LogP contribution in [-0.4, -0.2) is 13.2 Å². The Labute approximate surface area is 69.2 Å². The molecular formula is C9H17NO. The Kier molecular flexibility index (Phi) is 8.98. The van der Waals surface area contributed by atoms with Gasteiger partial charge in [-0.2, -0.15) is 5.26 Å². The monoisotopic (exact) mass is 155 g/mol. The van der Waals surface area contributed by atoms with Crippen LogP contribution in [0.5, 0.6) is 0 Å². The minimum absolute atomic E-state index is 0.664. The molecule has 0 aromatic rings. The zero-order valence-corrected chi connectivity index (χ0v) is 7.31. The van der Waals surface area contributed by atoms with Gasteiger partial charge in [-0.1, -0.05) is 13.3 Å². The van der Waals surface area contributed by atoms with Gasteiger partial charge in [0.15, 0.2) is 0 Å². The first-order valence-corrected chi connectivity index (χ1v) is 4.36. The van der Waals surface area contributed by atoms with Crippen LogP contribution in [0.1, 0.15) is 39.0 Å². The molecule has 0 rings (SSSR count). The lowest BCUT2D eigenvalue weighted by Crippen LogP contribution is -1.95. The lowest BCUT2D eigenvalue weighted by Gasteiger charge is -2.00. The summed E-state index contributed by atoms with van der Waals surface area (Å²) < 4.78 is 5.31. The molecule has 0 atom stereocenters. The third-order valence-electron chi connectivity index (χ3n) is 1.47. The highest BCUT2D eigenvalue weighted by atomic mass is 16.5. The van der Waals surface area contributed by atoms with E-state index in [1.807, 2.05) is 0 Å². The van der Waals surface area contributed by atoms with Gasteiger partial charge in [0.2, 0.25) is 0 Å². The molecule has 0 radical (unpaired) electrons. The maximum Gasteiger partial charge on any atom is 0.0621 e. The van der Waals surface area contributed by atoms with Crippen molar-refractivity contribution in [3.8, 4) is 6.07 Å². The summed E-state index contributed by atoms with van der Waals surface area (Å²) in [6.45, 7) is 3.85. The van der Waals surface area contributed by atoms with Crippen molar-refractivity contribution in [1.82, 2.24) is 0 Å². The van der Waals surface area contributed by atoms with Crippen LogP contribution in [0, 0.1) is 11.3 Å². The van der Waals surface area contributed by atoms with Crippen molar-refractivity contribution in [1.29, 1.82) is 5.26 Å². The van der Waals surface area contributed by atoms with E-state index >= 15 is 0 Å². The molecule has 0 aromatic heterocycles. The second-order valence-corrected chi connectivity index (χ2v) is 2.58. The molecule has 0 aliphatic carbocycles. The Morgan fingerprint density at radius 3 is 2.55 bits per heavy atom. The van der Waals surface area contributed by atoms with E-state index in [-0.39, 0.29) is 0 Å². The molecule has 0 unspecified atom stereocenters. The van der Waals surface area contributed by atoms with Gasteiger partial charge >= 0.3 is 0 Å². The van der Waals surface area contributed by atoms with Crippen LogP contribution in [-0.2, 0) is 4.74 Å². The molecular weight excluding hydrogens is 138 g/mol. The van der Waals surface area contributed by atoms with Crippen LogP contribution in [0.25, 0.3) is 0 Å². The van der Waals surface area contributed by atoms with Gasteiger partial charge in [-0.05, 0) is 19.3 Å². The Morgan fingerprint density at radius 1 is 1.18 bits per heavy atom. The number of unbranched alkanes of at least 4 members (excludes halogenated alkanes) is 3. The minimum Gasteiger partial charge on any atom is -0.381 e. The van der Waals surface area contributed by atoms with Gasteiger partial charge in [-0.25, -0.2) is 0 Å². The maximum absolute atomic E-state index is 8.22. The highest BCUT2D eigenvalue weighted by Gasteiger charge is 1.88. The number of hydrogen-bond donors (Lipinski definition) is 0. The summed E-state index contributed by atoms with van der Waals surface area (Å²) >= 11 is 0. The van der Waals surface area contributed by atoms with Gasteiger partial charge in [-0.3, -0.25) is 0 Å². The molecule has 0 heterocycles. The SMILES string of the molecule is CCCCOCCCCC#N. The van der Waals surface area contributed by atoms with E-state index in [1.165, 1.54) is 6.42 Å². The highest BCUT2D eigenvalue weighted by molar-refractivity contribution is 4.67. The van der Waals surface area contributed by atoms with Crippen LogP contribution in [0.15, 0.2) is 0 Å². The minimum atomic E-state index is 0.664. The highest BCUT2D eigenvalue weighted by Crippen LogP contribution is 1.95. The first-order chi connectivity index (χ1) is 5.41. The first kappa shape index (κ1) is 10.4. The topological polar surface area (TPSA) is 33.0 Å². The van der Waals surface area contributed by atoms with E-state index in [0.29, 0.717) is 6.42 Å². The van der Waals surface area contributed by atoms with Crippen molar-refractivity contribution in [2.45, 2.75) is 39.0 Å². The summed E-state index contributed by atoms with van der Waals surface area (Å²) in [4.78, 5) is 0. The standard InChI is InChI=1S/C9H17NO/c1-2-3-8-11-9-6-4-5-7-10/h2-6,8-9H2,1H3. The van der Waals surface area contributed by atoms with E-state index in [0.717, 1.165) is 32.5 Å². The van der Waals surface area contributed by atoms with Crippen molar-refractivity contribution < 1.29 is 4.74 Å². The van der Waals surface area contributed by atoms with Gasteiger partial charge in [0.05, 0.1) is 6.07 Å². The molecule has 0 fully saturated rings. The molecule has 0 aliphatic heterocycles. The van der Waals surface area contributed by atoms with Gasteiger partial charge < -0.3 is 4.74 Å². The van der Waals surface area contributed by atoms with E-state index in [4.69, 9.17) is 10.00 Å². The van der Waals surface area contributed by atoms with Crippen molar-refractivity contribution in [2.24, 2.45) is 0 Å². The summed E-state index contributed by atoms with van der Waals surface area (Å²) in [6.07, 6.45) is 5.01. The van der Waals surface area contributed by atoms with Crippen molar-refractivity contribution in [2.75, 3.05) is 13.2 Å². The molecule has 0 spiro atoms. The second-order valence-electron chi connectivity index (χ2n) is 2.58. The maximum atomic E-state index is 8.22. The van der Waals surface area contributed by atoms with E-state index < -0.39 is 0 Å². The summed E-state index contributed by atoms with van der Waals surface area (Å²) in [5.41, 5.74) is 0. The molecule has 0 amide bonds. The van der Waals surface area contributed by atoms with Crippen molar-refractivity contribution >= 4 is 0 Å². The van der Waals surface area contributed by atoms with Gasteiger partial charge in [0.1, 0.15) is 0 Å². The number of rotatable bonds is 7. The predicted molar refractivity (Wildman–Crippen MR) is 45.2 cm³/mol. The number of hydrogen-bond acceptors (Lipinski definition) is 2. The van der Waals surface area contributed by atoms with Gasteiger partial charge in [0, 0.05) is 19.6 Å². The molecule has 0 aliphatic rings. The van der Waals surface area contributed by atoms with Crippen LogP contribution >= 0.6 is 0 Å². The zero-order valence-electron chi connectivity index (χ0n) is 7.31. The predicted octanol–water partition coefficient (Wildman–Crippen LogP) is 2.50. The molecule has 0 N–H and O–H groups in total. The van der Waals surface area contributed by atoms with E-state index in [9.17, 15) is 0 Å².